The summed E-state index contributed by atoms with van der Waals surface area (Å²) in [4.78, 5) is 4.45. The molecule has 20 heavy (non-hydrogen) atoms. The van der Waals surface area contributed by atoms with E-state index in [2.05, 4.69) is 10.1 Å². The smallest absolute Gasteiger partial charge is 0.249 e. The van der Waals surface area contributed by atoms with Gasteiger partial charge in [0, 0.05) is 6.61 Å². The maximum absolute atomic E-state index is 6.39. The molecule has 0 amide bonds. The van der Waals surface area contributed by atoms with Gasteiger partial charge >= 0.3 is 0 Å². The summed E-state index contributed by atoms with van der Waals surface area (Å²) in [5.41, 5.74) is 0.493. The lowest BCUT2D eigenvalue weighted by molar-refractivity contribution is -0.0770. The molecule has 1 aliphatic rings. The summed E-state index contributed by atoms with van der Waals surface area (Å²) in [5, 5.41) is 3.64. The van der Waals surface area contributed by atoms with E-state index in [-0.39, 0.29) is 0 Å². The standard InChI is InChI=1S/C15H17ClN2O2/c1-15(9-5-6-10-19-15)14-17-13(20-18-14)12(16)11-7-3-2-4-8-11/h2-4,7-8,12H,5-6,9-10H2,1H3. The highest BCUT2D eigenvalue weighted by molar-refractivity contribution is 6.22. The second kappa shape index (κ2) is 5.54. The second-order valence-corrected chi connectivity index (χ2v) is 5.70. The summed E-state index contributed by atoms with van der Waals surface area (Å²) in [6.45, 7) is 2.75. The molecule has 2 unspecified atom stereocenters. The van der Waals surface area contributed by atoms with Crippen LogP contribution in [0.5, 0.6) is 0 Å². The minimum atomic E-state index is -0.451. The monoisotopic (exact) mass is 292 g/mol. The summed E-state index contributed by atoms with van der Waals surface area (Å²) in [6.07, 6.45) is 3.11. The van der Waals surface area contributed by atoms with Crippen LogP contribution in [0.2, 0.25) is 0 Å². The average molecular weight is 293 g/mol. The average Bonchev–Trinajstić information content (AvgIpc) is 2.99. The lowest BCUT2D eigenvalue weighted by Gasteiger charge is -2.30. The molecule has 1 aromatic carbocycles. The van der Waals surface area contributed by atoms with Crippen molar-refractivity contribution in [2.24, 2.45) is 0 Å². The van der Waals surface area contributed by atoms with Gasteiger partial charge in [-0.1, -0.05) is 35.5 Å². The number of aromatic nitrogens is 2. The highest BCUT2D eigenvalue weighted by atomic mass is 35.5. The van der Waals surface area contributed by atoms with Crippen LogP contribution in [0.4, 0.5) is 0 Å². The molecule has 2 aromatic rings. The zero-order valence-corrected chi connectivity index (χ0v) is 12.1. The zero-order chi connectivity index (χ0) is 14.0. The van der Waals surface area contributed by atoms with Crippen molar-refractivity contribution >= 4 is 11.6 Å². The first kappa shape index (κ1) is 13.6. The summed E-state index contributed by atoms with van der Waals surface area (Å²) < 4.78 is 11.1. The molecule has 0 radical (unpaired) electrons. The maximum atomic E-state index is 6.39. The van der Waals surface area contributed by atoms with Crippen LogP contribution in [0.25, 0.3) is 0 Å². The fourth-order valence-corrected chi connectivity index (χ4v) is 2.66. The Hall–Kier alpha value is -1.39. The molecule has 106 valence electrons. The minimum Gasteiger partial charge on any atom is -0.367 e. The molecule has 0 saturated carbocycles. The first-order chi connectivity index (χ1) is 9.69. The van der Waals surface area contributed by atoms with Gasteiger partial charge < -0.3 is 9.26 Å². The van der Waals surface area contributed by atoms with Crippen LogP contribution in [-0.4, -0.2) is 16.7 Å². The van der Waals surface area contributed by atoms with Crippen molar-refractivity contribution < 1.29 is 9.26 Å². The van der Waals surface area contributed by atoms with E-state index in [1.54, 1.807) is 0 Å². The van der Waals surface area contributed by atoms with Crippen LogP contribution in [0.15, 0.2) is 34.9 Å². The molecule has 4 nitrogen and oxygen atoms in total. The van der Waals surface area contributed by atoms with Crippen molar-refractivity contribution in [1.29, 1.82) is 0 Å². The number of alkyl halides is 1. The van der Waals surface area contributed by atoms with Gasteiger partial charge in [-0.15, -0.1) is 11.6 Å². The van der Waals surface area contributed by atoms with Crippen molar-refractivity contribution in [1.82, 2.24) is 10.1 Å². The molecule has 1 aliphatic heterocycles. The van der Waals surface area contributed by atoms with E-state index in [1.807, 2.05) is 37.3 Å². The molecule has 5 heteroatoms. The molecule has 3 rings (SSSR count). The van der Waals surface area contributed by atoms with Gasteiger partial charge in [0.2, 0.25) is 11.7 Å². The van der Waals surface area contributed by atoms with Crippen LogP contribution < -0.4 is 0 Å². The predicted octanol–water partition coefficient (Wildman–Crippen LogP) is 3.81. The predicted molar refractivity (Wildman–Crippen MR) is 75.6 cm³/mol. The molecule has 0 spiro atoms. The summed E-state index contributed by atoms with van der Waals surface area (Å²) >= 11 is 6.39. The normalized spacial score (nSPS) is 24.5. The van der Waals surface area contributed by atoms with Gasteiger partial charge in [0.15, 0.2) is 0 Å². The SMILES string of the molecule is CC1(c2noc(C(Cl)c3ccccc3)n2)CCCCO1. The van der Waals surface area contributed by atoms with E-state index in [1.165, 1.54) is 0 Å². The molecule has 0 bridgehead atoms. The molecule has 0 aliphatic carbocycles. The van der Waals surface area contributed by atoms with E-state index in [0.29, 0.717) is 11.7 Å². The van der Waals surface area contributed by atoms with Crippen LogP contribution in [0.1, 0.15) is 48.8 Å². The summed E-state index contributed by atoms with van der Waals surface area (Å²) in [6, 6.07) is 9.71. The maximum Gasteiger partial charge on any atom is 0.249 e. The Morgan fingerprint density at radius 2 is 2.05 bits per heavy atom. The van der Waals surface area contributed by atoms with Gasteiger partial charge in [0.1, 0.15) is 11.0 Å². The van der Waals surface area contributed by atoms with Crippen LogP contribution in [-0.2, 0) is 10.3 Å². The van der Waals surface area contributed by atoms with Crippen molar-refractivity contribution in [3.05, 3.63) is 47.6 Å². The molecule has 0 N–H and O–H groups in total. The number of rotatable bonds is 3. The summed E-state index contributed by atoms with van der Waals surface area (Å²) in [5.74, 6) is 1.01. The molecular formula is C15H17ClN2O2. The van der Waals surface area contributed by atoms with E-state index in [0.717, 1.165) is 31.4 Å². The molecule has 1 aromatic heterocycles. The zero-order valence-electron chi connectivity index (χ0n) is 11.4. The fourth-order valence-electron chi connectivity index (χ4n) is 2.43. The number of hydrogen-bond donors (Lipinski definition) is 0. The van der Waals surface area contributed by atoms with E-state index >= 15 is 0 Å². The van der Waals surface area contributed by atoms with Crippen molar-refractivity contribution in [3.63, 3.8) is 0 Å². The van der Waals surface area contributed by atoms with Gasteiger partial charge in [-0.2, -0.15) is 4.98 Å². The van der Waals surface area contributed by atoms with Crippen molar-refractivity contribution in [3.8, 4) is 0 Å². The third-order valence-corrected chi connectivity index (χ3v) is 4.13. The number of nitrogens with zero attached hydrogens (tertiary/aromatic N) is 2. The first-order valence-corrected chi connectivity index (χ1v) is 7.30. The van der Waals surface area contributed by atoms with E-state index in [9.17, 15) is 0 Å². The van der Waals surface area contributed by atoms with Gasteiger partial charge in [0.05, 0.1) is 0 Å². The Morgan fingerprint density at radius 1 is 1.25 bits per heavy atom. The molecule has 2 atom stereocenters. The lowest BCUT2D eigenvalue weighted by Crippen LogP contribution is -2.31. The van der Waals surface area contributed by atoms with Gasteiger partial charge in [0.25, 0.3) is 0 Å². The van der Waals surface area contributed by atoms with Crippen LogP contribution in [0.3, 0.4) is 0 Å². The first-order valence-electron chi connectivity index (χ1n) is 6.86. The third kappa shape index (κ3) is 2.58. The Bertz CT molecular complexity index is 564. The van der Waals surface area contributed by atoms with E-state index in [4.69, 9.17) is 20.9 Å². The number of hydrogen-bond acceptors (Lipinski definition) is 4. The largest absolute Gasteiger partial charge is 0.367 e. The third-order valence-electron chi connectivity index (χ3n) is 3.69. The molecule has 1 fully saturated rings. The highest BCUT2D eigenvalue weighted by Gasteiger charge is 2.35. The van der Waals surface area contributed by atoms with Crippen molar-refractivity contribution in [2.45, 2.75) is 37.2 Å². The van der Waals surface area contributed by atoms with E-state index < -0.39 is 11.0 Å². The topological polar surface area (TPSA) is 48.2 Å². The summed E-state index contributed by atoms with van der Waals surface area (Å²) in [7, 11) is 0. The Balaban J connectivity index is 1.83. The molecular weight excluding hydrogens is 276 g/mol. The highest BCUT2D eigenvalue weighted by Crippen LogP contribution is 2.34. The Morgan fingerprint density at radius 3 is 2.75 bits per heavy atom. The number of halogens is 1. The fraction of sp³-hybridized carbons (Fsp3) is 0.467. The minimum absolute atomic E-state index is 0.420. The van der Waals surface area contributed by atoms with Crippen molar-refractivity contribution in [2.75, 3.05) is 6.61 Å². The van der Waals surface area contributed by atoms with Crippen LogP contribution in [0, 0.1) is 0 Å². The van der Waals surface area contributed by atoms with Gasteiger partial charge in [-0.25, -0.2) is 0 Å². The lowest BCUT2D eigenvalue weighted by atomic mass is 9.95. The Labute approximate surface area is 123 Å². The van der Waals surface area contributed by atoms with Gasteiger partial charge in [-0.3, -0.25) is 0 Å². The quantitative estimate of drug-likeness (QED) is 0.807. The van der Waals surface area contributed by atoms with Gasteiger partial charge in [-0.05, 0) is 31.7 Å². The number of ether oxygens (including phenoxy) is 1. The number of benzene rings is 1. The Kier molecular flexibility index (Phi) is 3.76. The second-order valence-electron chi connectivity index (χ2n) is 5.27. The van der Waals surface area contributed by atoms with Crippen LogP contribution >= 0.6 is 11.6 Å². The molecule has 1 saturated heterocycles. The molecule has 2 heterocycles.